The summed E-state index contributed by atoms with van der Waals surface area (Å²) in [4.78, 5) is 5.29. The number of rotatable bonds is 3. The van der Waals surface area contributed by atoms with Gasteiger partial charge in [0.2, 0.25) is 0 Å². The smallest absolute Gasteiger partial charge is 0.0358 e. The molecule has 0 aromatic carbocycles. The van der Waals surface area contributed by atoms with Gasteiger partial charge in [-0.15, -0.1) is 0 Å². The minimum absolute atomic E-state index is 0.314. The Morgan fingerprint density at radius 3 is 2.53 bits per heavy atom. The fourth-order valence-electron chi connectivity index (χ4n) is 4.00. The van der Waals surface area contributed by atoms with Crippen molar-refractivity contribution in [1.82, 2.24) is 9.80 Å². The molecule has 3 unspecified atom stereocenters. The first-order chi connectivity index (χ1) is 8.14. The van der Waals surface area contributed by atoms with Gasteiger partial charge in [-0.25, -0.2) is 0 Å². The van der Waals surface area contributed by atoms with Gasteiger partial charge in [0.05, 0.1) is 0 Å². The molecule has 1 saturated carbocycles. The van der Waals surface area contributed by atoms with Crippen LogP contribution in [0.3, 0.4) is 0 Å². The monoisotopic (exact) mass is 239 g/mol. The molecule has 1 aliphatic heterocycles. The highest BCUT2D eigenvalue weighted by Crippen LogP contribution is 2.40. The van der Waals surface area contributed by atoms with Crippen molar-refractivity contribution in [2.24, 2.45) is 11.7 Å². The largest absolute Gasteiger partial charge is 0.329 e. The van der Waals surface area contributed by atoms with Gasteiger partial charge < -0.3 is 5.73 Å². The molecular formula is C14H29N3. The van der Waals surface area contributed by atoms with E-state index >= 15 is 0 Å². The summed E-state index contributed by atoms with van der Waals surface area (Å²) in [5.41, 5.74) is 6.46. The average molecular weight is 239 g/mol. The van der Waals surface area contributed by atoms with Gasteiger partial charge >= 0.3 is 0 Å². The Hall–Kier alpha value is -0.120. The molecule has 0 aromatic heterocycles. The molecule has 2 N–H and O–H groups in total. The number of hydrogen-bond acceptors (Lipinski definition) is 3. The second-order valence-electron chi connectivity index (χ2n) is 6.02. The molecule has 1 saturated heterocycles. The zero-order valence-corrected chi connectivity index (χ0v) is 11.8. The Balaban J connectivity index is 2.07. The fraction of sp³-hybridized carbons (Fsp3) is 1.00. The van der Waals surface area contributed by atoms with E-state index in [0.29, 0.717) is 11.6 Å². The Bertz CT molecular complexity index is 256. The molecule has 0 aromatic rings. The fourth-order valence-corrected chi connectivity index (χ4v) is 4.00. The molecule has 0 spiro atoms. The lowest BCUT2D eigenvalue weighted by atomic mass is 9.85. The van der Waals surface area contributed by atoms with Gasteiger partial charge in [-0.3, -0.25) is 9.80 Å². The highest BCUT2D eigenvalue weighted by atomic mass is 15.3. The Morgan fingerprint density at radius 1 is 1.29 bits per heavy atom. The number of likely N-dealkylation sites (N-methyl/N-ethyl adjacent to an activating group) is 1. The third kappa shape index (κ3) is 2.25. The third-order valence-electron chi connectivity index (χ3n) is 5.32. The van der Waals surface area contributed by atoms with Gasteiger partial charge in [-0.1, -0.05) is 20.3 Å². The van der Waals surface area contributed by atoms with E-state index in [1.165, 1.54) is 45.4 Å². The van der Waals surface area contributed by atoms with Crippen LogP contribution in [0.15, 0.2) is 0 Å². The maximum Gasteiger partial charge on any atom is 0.0358 e. The molecule has 1 aliphatic carbocycles. The van der Waals surface area contributed by atoms with Crippen molar-refractivity contribution >= 4 is 0 Å². The first kappa shape index (κ1) is 13.3. The quantitative estimate of drug-likeness (QED) is 0.811. The Labute approximate surface area is 106 Å². The van der Waals surface area contributed by atoms with E-state index in [2.05, 4.69) is 30.6 Å². The van der Waals surface area contributed by atoms with Gasteiger partial charge in [-0.05, 0) is 32.2 Å². The van der Waals surface area contributed by atoms with Crippen LogP contribution < -0.4 is 5.73 Å². The zero-order chi connectivity index (χ0) is 12.5. The molecule has 2 fully saturated rings. The molecule has 0 bridgehead atoms. The highest BCUT2D eigenvalue weighted by Gasteiger charge is 2.45. The second kappa shape index (κ2) is 5.25. The lowest BCUT2D eigenvalue weighted by Gasteiger charge is -2.50. The van der Waals surface area contributed by atoms with Crippen LogP contribution in [0.1, 0.15) is 40.0 Å². The summed E-state index contributed by atoms with van der Waals surface area (Å²) in [6.07, 6.45) is 4.03. The van der Waals surface area contributed by atoms with Crippen molar-refractivity contribution < 1.29 is 0 Å². The van der Waals surface area contributed by atoms with Crippen molar-refractivity contribution in [2.75, 3.05) is 32.7 Å². The van der Waals surface area contributed by atoms with Crippen molar-refractivity contribution in [3.8, 4) is 0 Å². The summed E-state index contributed by atoms with van der Waals surface area (Å²) in [6.45, 7) is 12.7. The standard InChI is InChI=1S/C14H29N3/c1-4-16-8-9-17(10-13(16)3)14(11-15)7-5-6-12(14)2/h12-13H,4-11,15H2,1-3H3. The minimum Gasteiger partial charge on any atom is -0.329 e. The van der Waals surface area contributed by atoms with Gasteiger partial charge in [0.25, 0.3) is 0 Å². The molecule has 0 radical (unpaired) electrons. The highest BCUT2D eigenvalue weighted by molar-refractivity contribution is 5.02. The summed E-state index contributed by atoms with van der Waals surface area (Å²) in [5.74, 6) is 0.771. The first-order valence-corrected chi connectivity index (χ1v) is 7.33. The van der Waals surface area contributed by atoms with E-state index in [1.54, 1.807) is 0 Å². The molecule has 3 atom stereocenters. The molecule has 2 aliphatic rings. The van der Waals surface area contributed by atoms with E-state index in [9.17, 15) is 0 Å². The predicted octanol–water partition coefficient (Wildman–Crippen LogP) is 1.53. The van der Waals surface area contributed by atoms with E-state index in [0.717, 1.165) is 12.5 Å². The molecule has 1 heterocycles. The van der Waals surface area contributed by atoms with Gasteiger partial charge in [-0.2, -0.15) is 0 Å². The third-order valence-corrected chi connectivity index (χ3v) is 5.32. The minimum atomic E-state index is 0.314. The van der Waals surface area contributed by atoms with Crippen molar-refractivity contribution in [2.45, 2.75) is 51.6 Å². The SMILES string of the molecule is CCN1CCN(C2(CN)CCCC2C)CC1C. The van der Waals surface area contributed by atoms with Gasteiger partial charge in [0, 0.05) is 37.8 Å². The molecule has 2 rings (SSSR count). The van der Waals surface area contributed by atoms with E-state index < -0.39 is 0 Å². The Kier molecular flexibility index (Phi) is 4.11. The molecule has 3 nitrogen and oxygen atoms in total. The van der Waals surface area contributed by atoms with Crippen LogP contribution >= 0.6 is 0 Å². The molecule has 3 heteroatoms. The number of piperazine rings is 1. The molecular weight excluding hydrogens is 210 g/mol. The van der Waals surface area contributed by atoms with Crippen molar-refractivity contribution in [3.05, 3.63) is 0 Å². The van der Waals surface area contributed by atoms with E-state index in [4.69, 9.17) is 5.73 Å². The predicted molar refractivity (Wildman–Crippen MR) is 73.1 cm³/mol. The van der Waals surface area contributed by atoms with Crippen LogP contribution in [0.4, 0.5) is 0 Å². The van der Waals surface area contributed by atoms with Crippen LogP contribution in [0.2, 0.25) is 0 Å². The molecule has 17 heavy (non-hydrogen) atoms. The zero-order valence-electron chi connectivity index (χ0n) is 11.8. The van der Waals surface area contributed by atoms with E-state index in [-0.39, 0.29) is 0 Å². The molecule has 100 valence electrons. The van der Waals surface area contributed by atoms with Crippen LogP contribution in [0, 0.1) is 5.92 Å². The number of nitrogens with two attached hydrogens (primary N) is 1. The summed E-state index contributed by atoms with van der Waals surface area (Å²) in [6, 6.07) is 0.685. The summed E-state index contributed by atoms with van der Waals surface area (Å²) in [5, 5.41) is 0. The van der Waals surface area contributed by atoms with Crippen LogP contribution in [0.25, 0.3) is 0 Å². The van der Waals surface area contributed by atoms with Crippen LogP contribution in [-0.4, -0.2) is 54.1 Å². The number of nitrogens with zero attached hydrogens (tertiary/aromatic N) is 2. The topological polar surface area (TPSA) is 32.5 Å². The van der Waals surface area contributed by atoms with Crippen LogP contribution in [-0.2, 0) is 0 Å². The summed E-state index contributed by atoms with van der Waals surface area (Å²) >= 11 is 0. The second-order valence-corrected chi connectivity index (χ2v) is 6.02. The van der Waals surface area contributed by atoms with Gasteiger partial charge in [0.15, 0.2) is 0 Å². The normalized spacial score (nSPS) is 40.9. The average Bonchev–Trinajstić information content (AvgIpc) is 2.71. The summed E-state index contributed by atoms with van der Waals surface area (Å²) < 4.78 is 0. The summed E-state index contributed by atoms with van der Waals surface area (Å²) in [7, 11) is 0. The van der Waals surface area contributed by atoms with Crippen LogP contribution in [0.5, 0.6) is 0 Å². The maximum atomic E-state index is 6.15. The lowest BCUT2D eigenvalue weighted by molar-refractivity contribution is -0.00612. The van der Waals surface area contributed by atoms with Crippen molar-refractivity contribution in [3.63, 3.8) is 0 Å². The van der Waals surface area contributed by atoms with Gasteiger partial charge in [0.1, 0.15) is 0 Å². The first-order valence-electron chi connectivity index (χ1n) is 7.33. The van der Waals surface area contributed by atoms with Crippen molar-refractivity contribution in [1.29, 1.82) is 0 Å². The van der Waals surface area contributed by atoms with E-state index in [1.807, 2.05) is 0 Å². The maximum absolute atomic E-state index is 6.15. The molecule has 0 amide bonds. The lowest BCUT2D eigenvalue weighted by Crippen LogP contribution is -2.63. The Morgan fingerprint density at radius 2 is 2.06 bits per heavy atom. The number of hydrogen-bond donors (Lipinski definition) is 1.